The molecule has 0 radical (unpaired) electrons. The van der Waals surface area contributed by atoms with Crippen LogP contribution >= 0.6 is 0 Å². The number of alkyl halides is 2. The molecule has 0 aliphatic heterocycles. The first kappa shape index (κ1) is 21.1. The molecule has 0 aliphatic carbocycles. The van der Waals surface area contributed by atoms with Crippen LogP contribution in [0.3, 0.4) is 0 Å². The van der Waals surface area contributed by atoms with Gasteiger partial charge in [0.15, 0.2) is 5.82 Å². The van der Waals surface area contributed by atoms with Crippen molar-refractivity contribution in [2.24, 2.45) is 0 Å². The average molecular weight is 434 g/mol. The number of aryl methyl sites for hydroxylation is 2. The minimum atomic E-state index is -2.58. The summed E-state index contributed by atoms with van der Waals surface area (Å²) >= 11 is 0. The molecule has 0 spiro atoms. The summed E-state index contributed by atoms with van der Waals surface area (Å²) in [7, 11) is 0. The molecule has 1 N–H and O–H groups in total. The van der Waals surface area contributed by atoms with E-state index in [-0.39, 0.29) is 0 Å². The van der Waals surface area contributed by atoms with Crippen LogP contribution in [-0.4, -0.2) is 36.0 Å². The number of anilines is 2. The molecule has 0 saturated heterocycles. The molecular weight excluding hydrogens is 414 g/mol. The molecule has 0 fully saturated rings. The van der Waals surface area contributed by atoms with Crippen molar-refractivity contribution in [2.75, 3.05) is 5.32 Å². The molecule has 0 bridgehead atoms. The molecule has 4 rings (SSSR count). The molecule has 10 heteroatoms. The fourth-order valence-corrected chi connectivity index (χ4v) is 3.46. The minimum absolute atomic E-state index is 0.405. The van der Waals surface area contributed by atoms with Crippen molar-refractivity contribution in [3.8, 4) is 23.1 Å². The Kier molecular flexibility index (Phi) is 5.64. The van der Waals surface area contributed by atoms with Gasteiger partial charge in [-0.25, -0.2) is 28.1 Å². The lowest BCUT2D eigenvalue weighted by Gasteiger charge is -2.11. The lowest BCUT2D eigenvalue weighted by Crippen LogP contribution is -2.12. The number of nitrogens with zero attached hydrogens (tertiary/aromatic N) is 7. The lowest BCUT2D eigenvalue weighted by atomic mass is 10.1. The molecule has 162 valence electrons. The standard InChI is InChI=1S/C22H20F2N8/c1-13-8-14(2)32(29-13)20-9-19(26-12-27-20)28-22-15(3)21(30-31(22)11-18(23)24)17-6-4-16(10-25)5-7-17/h4-9,12,18H,11H2,1-3H3,(H,26,27,28). The zero-order valence-electron chi connectivity index (χ0n) is 17.7. The molecule has 0 aliphatic rings. The Labute approximate surface area is 183 Å². The number of nitriles is 1. The summed E-state index contributed by atoms with van der Waals surface area (Å²) in [6.07, 6.45) is -1.20. The maximum absolute atomic E-state index is 13.3. The van der Waals surface area contributed by atoms with E-state index in [1.807, 2.05) is 19.9 Å². The lowest BCUT2D eigenvalue weighted by molar-refractivity contribution is 0.122. The number of nitrogens with one attached hydrogen (secondary N) is 1. The van der Waals surface area contributed by atoms with E-state index in [1.54, 1.807) is 41.9 Å². The Morgan fingerprint density at radius 2 is 1.81 bits per heavy atom. The van der Waals surface area contributed by atoms with Crippen LogP contribution in [0.4, 0.5) is 20.4 Å². The second-order valence-corrected chi connectivity index (χ2v) is 7.31. The summed E-state index contributed by atoms with van der Waals surface area (Å²) < 4.78 is 29.4. The zero-order valence-corrected chi connectivity index (χ0v) is 17.7. The first-order valence-electron chi connectivity index (χ1n) is 9.84. The summed E-state index contributed by atoms with van der Waals surface area (Å²) in [5, 5.41) is 20.9. The van der Waals surface area contributed by atoms with E-state index in [2.05, 4.69) is 31.6 Å². The second-order valence-electron chi connectivity index (χ2n) is 7.31. The monoisotopic (exact) mass is 434 g/mol. The SMILES string of the molecule is Cc1cc(C)n(-c2cc(Nc3c(C)c(-c4ccc(C#N)cc4)nn3CC(F)F)ncn2)n1. The van der Waals surface area contributed by atoms with E-state index in [9.17, 15) is 8.78 Å². The Morgan fingerprint density at radius 1 is 1.06 bits per heavy atom. The van der Waals surface area contributed by atoms with Gasteiger partial charge in [0.1, 0.15) is 24.5 Å². The first-order chi connectivity index (χ1) is 15.4. The van der Waals surface area contributed by atoms with E-state index in [0.717, 1.165) is 17.0 Å². The van der Waals surface area contributed by atoms with Crippen LogP contribution in [0.5, 0.6) is 0 Å². The van der Waals surface area contributed by atoms with Crippen molar-refractivity contribution in [1.82, 2.24) is 29.5 Å². The van der Waals surface area contributed by atoms with Crippen LogP contribution in [0.25, 0.3) is 17.1 Å². The number of aromatic nitrogens is 6. The predicted molar refractivity (Wildman–Crippen MR) is 115 cm³/mol. The summed E-state index contributed by atoms with van der Waals surface area (Å²) in [6.45, 7) is 5.03. The highest BCUT2D eigenvalue weighted by atomic mass is 19.3. The van der Waals surface area contributed by atoms with Crippen molar-refractivity contribution in [3.05, 3.63) is 65.2 Å². The van der Waals surface area contributed by atoms with Crippen molar-refractivity contribution in [1.29, 1.82) is 5.26 Å². The van der Waals surface area contributed by atoms with Crippen LogP contribution in [0.15, 0.2) is 42.7 Å². The molecule has 8 nitrogen and oxygen atoms in total. The van der Waals surface area contributed by atoms with Crippen LogP contribution in [-0.2, 0) is 6.54 Å². The Balaban J connectivity index is 1.73. The minimum Gasteiger partial charge on any atom is -0.325 e. The van der Waals surface area contributed by atoms with Gasteiger partial charge in [0.2, 0.25) is 0 Å². The summed E-state index contributed by atoms with van der Waals surface area (Å²) in [5.41, 5.74) is 4.23. The average Bonchev–Trinajstić information content (AvgIpc) is 3.26. The molecule has 3 heterocycles. The maximum atomic E-state index is 13.3. The molecule has 32 heavy (non-hydrogen) atoms. The van der Waals surface area contributed by atoms with Gasteiger partial charge in [-0.3, -0.25) is 0 Å². The maximum Gasteiger partial charge on any atom is 0.258 e. The topological polar surface area (TPSA) is 97.2 Å². The van der Waals surface area contributed by atoms with Crippen molar-refractivity contribution in [2.45, 2.75) is 33.7 Å². The number of rotatable bonds is 6. The van der Waals surface area contributed by atoms with Gasteiger partial charge in [0, 0.05) is 22.9 Å². The van der Waals surface area contributed by atoms with E-state index in [4.69, 9.17) is 5.26 Å². The highest BCUT2D eigenvalue weighted by molar-refractivity contribution is 5.71. The van der Waals surface area contributed by atoms with Gasteiger partial charge < -0.3 is 5.32 Å². The number of halogens is 2. The van der Waals surface area contributed by atoms with Gasteiger partial charge in [-0.2, -0.15) is 15.5 Å². The van der Waals surface area contributed by atoms with Gasteiger partial charge in [-0.1, -0.05) is 12.1 Å². The normalized spacial score (nSPS) is 11.0. The Morgan fingerprint density at radius 3 is 2.44 bits per heavy atom. The molecule has 0 unspecified atom stereocenters. The number of hydrogen-bond acceptors (Lipinski definition) is 6. The largest absolute Gasteiger partial charge is 0.325 e. The third-order valence-electron chi connectivity index (χ3n) is 4.91. The van der Waals surface area contributed by atoms with Crippen LogP contribution in [0.2, 0.25) is 0 Å². The summed E-state index contributed by atoms with van der Waals surface area (Å²) in [5.74, 6) is 1.38. The molecule has 3 aromatic heterocycles. The highest BCUT2D eigenvalue weighted by Gasteiger charge is 2.19. The van der Waals surface area contributed by atoms with Gasteiger partial charge in [0.05, 0.1) is 23.0 Å². The molecule has 0 saturated carbocycles. The molecule has 0 atom stereocenters. The molecule has 1 aromatic carbocycles. The van der Waals surface area contributed by atoms with Crippen molar-refractivity contribution < 1.29 is 8.78 Å². The Bertz CT molecular complexity index is 1300. The Hall–Kier alpha value is -4.13. The van der Waals surface area contributed by atoms with Gasteiger partial charge in [0.25, 0.3) is 6.43 Å². The third-order valence-corrected chi connectivity index (χ3v) is 4.91. The van der Waals surface area contributed by atoms with E-state index < -0.39 is 13.0 Å². The first-order valence-corrected chi connectivity index (χ1v) is 9.84. The number of benzene rings is 1. The molecular formula is C22H20F2N8. The smallest absolute Gasteiger partial charge is 0.258 e. The third kappa shape index (κ3) is 4.18. The zero-order chi connectivity index (χ0) is 22.8. The van der Waals surface area contributed by atoms with E-state index >= 15 is 0 Å². The van der Waals surface area contributed by atoms with Crippen molar-refractivity contribution in [3.63, 3.8) is 0 Å². The van der Waals surface area contributed by atoms with Gasteiger partial charge >= 0.3 is 0 Å². The fraction of sp³-hybridized carbons (Fsp3) is 0.227. The van der Waals surface area contributed by atoms with E-state index in [0.29, 0.717) is 34.3 Å². The molecule has 0 amide bonds. The molecule has 4 aromatic rings. The predicted octanol–water partition coefficient (Wildman–Crippen LogP) is 4.33. The van der Waals surface area contributed by atoms with Crippen LogP contribution in [0, 0.1) is 32.1 Å². The quantitative estimate of drug-likeness (QED) is 0.485. The van der Waals surface area contributed by atoms with Crippen molar-refractivity contribution >= 4 is 11.6 Å². The highest BCUT2D eigenvalue weighted by Crippen LogP contribution is 2.30. The summed E-state index contributed by atoms with van der Waals surface area (Å²) in [6, 6.07) is 12.5. The van der Waals surface area contributed by atoms with Gasteiger partial charge in [-0.05, 0) is 39.0 Å². The number of hydrogen-bond donors (Lipinski definition) is 1. The van der Waals surface area contributed by atoms with Gasteiger partial charge in [-0.15, -0.1) is 0 Å². The van der Waals surface area contributed by atoms with Crippen LogP contribution < -0.4 is 5.32 Å². The van der Waals surface area contributed by atoms with E-state index in [1.165, 1.54) is 11.0 Å². The van der Waals surface area contributed by atoms with Crippen LogP contribution in [0.1, 0.15) is 22.5 Å². The fourth-order valence-electron chi connectivity index (χ4n) is 3.46. The second kappa shape index (κ2) is 8.55. The summed E-state index contributed by atoms with van der Waals surface area (Å²) in [4.78, 5) is 8.50.